The van der Waals surface area contributed by atoms with Gasteiger partial charge in [-0.05, 0) is 30.2 Å². The zero-order valence-corrected chi connectivity index (χ0v) is 8.81. The van der Waals surface area contributed by atoms with Gasteiger partial charge < -0.3 is 0 Å². The van der Waals surface area contributed by atoms with Crippen molar-refractivity contribution in [1.29, 1.82) is 0 Å². The van der Waals surface area contributed by atoms with Gasteiger partial charge in [0.15, 0.2) is 0 Å². The van der Waals surface area contributed by atoms with Gasteiger partial charge >= 0.3 is 0 Å². The molecule has 0 saturated carbocycles. The van der Waals surface area contributed by atoms with Crippen LogP contribution in [-0.2, 0) is 0 Å². The first-order chi connectivity index (χ1) is 8.28. The largest absolute Gasteiger partial charge is 0.259 e. The van der Waals surface area contributed by atoms with Gasteiger partial charge in [-0.15, -0.1) is 0 Å². The van der Waals surface area contributed by atoms with Crippen molar-refractivity contribution in [2.45, 2.75) is 0 Å². The van der Waals surface area contributed by atoms with Gasteiger partial charge in [0.2, 0.25) is 5.69 Å². The second-order valence-electron chi connectivity index (χ2n) is 3.27. The lowest BCUT2D eigenvalue weighted by Gasteiger charge is -1.91. The van der Waals surface area contributed by atoms with Gasteiger partial charge in [-0.1, -0.05) is 18.1 Å². The van der Waals surface area contributed by atoms with Crippen LogP contribution in [0.15, 0.2) is 42.6 Å². The normalized spacial score (nSPS) is 8.94. The third-order valence-corrected chi connectivity index (χ3v) is 2.04. The van der Waals surface area contributed by atoms with Gasteiger partial charge in [0, 0.05) is 11.8 Å². The van der Waals surface area contributed by atoms with Crippen LogP contribution in [0.5, 0.6) is 0 Å². The van der Waals surface area contributed by atoms with Crippen molar-refractivity contribution in [1.82, 2.24) is 4.98 Å². The first kappa shape index (κ1) is 10.9. The van der Waals surface area contributed by atoms with Gasteiger partial charge in [0.1, 0.15) is 11.5 Å². The van der Waals surface area contributed by atoms with E-state index in [-0.39, 0.29) is 5.82 Å². The smallest absolute Gasteiger partial charge is 0.205 e. The van der Waals surface area contributed by atoms with Crippen molar-refractivity contribution in [2.75, 3.05) is 0 Å². The maximum Gasteiger partial charge on any atom is 0.205 e. The van der Waals surface area contributed by atoms with Crippen molar-refractivity contribution in [3.8, 4) is 11.8 Å². The molecule has 0 aliphatic rings. The van der Waals surface area contributed by atoms with E-state index in [1.165, 1.54) is 18.3 Å². The van der Waals surface area contributed by atoms with Crippen LogP contribution in [0.3, 0.4) is 0 Å². The van der Waals surface area contributed by atoms with E-state index in [0.29, 0.717) is 16.9 Å². The van der Waals surface area contributed by atoms with E-state index in [1.54, 1.807) is 24.3 Å². The van der Waals surface area contributed by atoms with Crippen molar-refractivity contribution in [3.63, 3.8) is 0 Å². The molecule has 17 heavy (non-hydrogen) atoms. The van der Waals surface area contributed by atoms with E-state index in [9.17, 15) is 4.39 Å². The molecule has 0 bridgehead atoms. The first-order valence-electron chi connectivity index (χ1n) is 4.89. The molecule has 0 fully saturated rings. The molecule has 2 nitrogen and oxygen atoms in total. The number of benzene rings is 1. The molecule has 0 atom stereocenters. The van der Waals surface area contributed by atoms with Crippen LogP contribution in [0.25, 0.3) is 4.85 Å². The molecule has 3 heteroatoms. The lowest BCUT2D eigenvalue weighted by Crippen LogP contribution is -1.81. The summed E-state index contributed by atoms with van der Waals surface area (Å²) in [6.45, 7) is 6.78. The second-order valence-corrected chi connectivity index (χ2v) is 3.27. The number of nitrogens with zero attached hydrogens (tertiary/aromatic N) is 2. The molecule has 2 rings (SSSR count). The summed E-state index contributed by atoms with van der Waals surface area (Å²) < 4.78 is 12.9. The predicted octanol–water partition coefficient (Wildman–Crippen LogP) is 3.17. The van der Waals surface area contributed by atoms with Gasteiger partial charge in [-0.3, -0.25) is 4.98 Å². The Hall–Kier alpha value is -2.65. The average Bonchev–Trinajstić information content (AvgIpc) is 2.37. The van der Waals surface area contributed by atoms with E-state index in [2.05, 4.69) is 21.7 Å². The number of rotatable bonds is 0. The van der Waals surface area contributed by atoms with Crippen molar-refractivity contribution >= 4 is 5.69 Å². The summed E-state index contributed by atoms with van der Waals surface area (Å²) in [5.41, 5.74) is 1.63. The molecule has 0 N–H and O–H groups in total. The summed E-state index contributed by atoms with van der Waals surface area (Å²) in [6.07, 6.45) is 1.46. The second kappa shape index (κ2) is 4.92. The molecular formula is C14H7FN2. The van der Waals surface area contributed by atoms with Crippen LogP contribution in [0.2, 0.25) is 0 Å². The zero-order chi connectivity index (χ0) is 12.1. The number of hydrogen-bond acceptors (Lipinski definition) is 1. The van der Waals surface area contributed by atoms with Crippen LogP contribution in [0.4, 0.5) is 10.1 Å². The molecule has 0 unspecified atom stereocenters. The molecular weight excluding hydrogens is 215 g/mol. The summed E-state index contributed by atoms with van der Waals surface area (Å²) in [7, 11) is 0. The summed E-state index contributed by atoms with van der Waals surface area (Å²) in [6, 6.07) is 9.38. The quantitative estimate of drug-likeness (QED) is 0.494. The number of halogens is 1. The Bertz CT molecular complexity index is 628. The maximum absolute atomic E-state index is 12.9. The van der Waals surface area contributed by atoms with E-state index < -0.39 is 0 Å². The average molecular weight is 222 g/mol. The van der Waals surface area contributed by atoms with Crippen LogP contribution >= 0.6 is 0 Å². The Morgan fingerprint density at radius 2 is 2.06 bits per heavy atom. The highest BCUT2D eigenvalue weighted by atomic mass is 19.1. The molecule has 0 amide bonds. The zero-order valence-electron chi connectivity index (χ0n) is 8.81. The molecule has 0 saturated heterocycles. The highest BCUT2D eigenvalue weighted by Crippen LogP contribution is 2.09. The molecule has 1 heterocycles. The van der Waals surface area contributed by atoms with Crippen LogP contribution in [0.1, 0.15) is 11.3 Å². The minimum Gasteiger partial charge on any atom is -0.259 e. The molecule has 1 aromatic heterocycles. The lowest BCUT2D eigenvalue weighted by atomic mass is 10.2. The minimum absolute atomic E-state index is 0.312. The molecule has 1 aromatic carbocycles. The first-order valence-corrected chi connectivity index (χ1v) is 4.89. The van der Waals surface area contributed by atoms with Crippen LogP contribution in [0, 0.1) is 24.2 Å². The summed E-state index contributed by atoms with van der Waals surface area (Å²) >= 11 is 0. The van der Waals surface area contributed by atoms with E-state index in [4.69, 9.17) is 6.57 Å². The SMILES string of the molecule is [C-]#[N+]c1ccc(C#Cc2cccc(F)c2)nc1. The van der Waals surface area contributed by atoms with Crippen molar-refractivity contribution in [3.05, 3.63) is 71.1 Å². The Kier molecular flexibility index (Phi) is 3.14. The molecule has 0 aliphatic heterocycles. The Morgan fingerprint density at radius 3 is 2.71 bits per heavy atom. The highest BCUT2D eigenvalue weighted by Gasteiger charge is 1.92. The third-order valence-electron chi connectivity index (χ3n) is 2.04. The number of aromatic nitrogens is 1. The monoisotopic (exact) mass is 222 g/mol. The molecule has 0 radical (unpaired) electrons. The van der Waals surface area contributed by atoms with Gasteiger partial charge in [-0.2, -0.15) is 0 Å². The van der Waals surface area contributed by atoms with E-state index in [1.807, 2.05) is 0 Å². The molecule has 0 spiro atoms. The van der Waals surface area contributed by atoms with Crippen molar-refractivity contribution < 1.29 is 4.39 Å². The fraction of sp³-hybridized carbons (Fsp3) is 0. The number of pyridine rings is 1. The fourth-order valence-electron chi connectivity index (χ4n) is 1.23. The van der Waals surface area contributed by atoms with Gasteiger partial charge in [0.05, 0.1) is 6.57 Å². The van der Waals surface area contributed by atoms with Crippen molar-refractivity contribution in [2.24, 2.45) is 0 Å². The molecule has 2 aromatic rings. The standard InChI is InChI=1S/C14H7FN2/c1-16-14-8-7-13(17-10-14)6-5-11-3-2-4-12(15)9-11/h2-4,7-10H. The topological polar surface area (TPSA) is 17.2 Å². The number of hydrogen-bond donors (Lipinski definition) is 0. The minimum atomic E-state index is -0.312. The summed E-state index contributed by atoms with van der Waals surface area (Å²) in [5, 5.41) is 0. The third kappa shape index (κ3) is 2.90. The Balaban J connectivity index is 2.24. The van der Waals surface area contributed by atoms with Crippen LogP contribution < -0.4 is 0 Å². The van der Waals surface area contributed by atoms with Crippen LogP contribution in [-0.4, -0.2) is 4.98 Å². The lowest BCUT2D eigenvalue weighted by molar-refractivity contribution is 0.627. The molecule has 0 aliphatic carbocycles. The highest BCUT2D eigenvalue weighted by molar-refractivity contribution is 5.46. The summed E-state index contributed by atoms with van der Waals surface area (Å²) in [4.78, 5) is 7.24. The van der Waals surface area contributed by atoms with Gasteiger partial charge in [0.25, 0.3) is 0 Å². The predicted molar refractivity (Wildman–Crippen MR) is 62.9 cm³/mol. The molecule has 80 valence electrons. The fourth-order valence-corrected chi connectivity index (χ4v) is 1.23. The van der Waals surface area contributed by atoms with E-state index in [0.717, 1.165) is 0 Å². The maximum atomic E-state index is 12.9. The Labute approximate surface area is 98.6 Å². The van der Waals surface area contributed by atoms with E-state index >= 15 is 0 Å². The Morgan fingerprint density at radius 1 is 1.18 bits per heavy atom. The summed E-state index contributed by atoms with van der Waals surface area (Å²) in [5.74, 6) is 5.31. The van der Waals surface area contributed by atoms with Gasteiger partial charge in [-0.25, -0.2) is 9.24 Å².